The van der Waals surface area contributed by atoms with Crippen LogP contribution in [0.4, 0.5) is 0 Å². The molecule has 2 aromatic carbocycles. The van der Waals surface area contributed by atoms with E-state index in [4.69, 9.17) is 0 Å². The molecule has 2 unspecified atom stereocenters. The van der Waals surface area contributed by atoms with E-state index < -0.39 is 8.07 Å². The lowest BCUT2D eigenvalue weighted by atomic mass is 10.0. The van der Waals surface area contributed by atoms with E-state index in [1.165, 1.54) is 27.1 Å². The van der Waals surface area contributed by atoms with E-state index in [2.05, 4.69) is 102 Å². The number of rotatable bonds is 3. The Bertz CT molecular complexity index is 828. The van der Waals surface area contributed by atoms with Crippen LogP contribution in [-0.2, 0) is 0 Å². The van der Waals surface area contributed by atoms with E-state index >= 15 is 0 Å². The lowest BCUT2D eigenvalue weighted by Gasteiger charge is -2.44. The highest BCUT2D eigenvalue weighted by molar-refractivity contribution is 7.04. The van der Waals surface area contributed by atoms with Crippen molar-refractivity contribution in [3.05, 3.63) is 83.0 Å². The first kappa shape index (κ1) is 17.0. The van der Waals surface area contributed by atoms with Crippen LogP contribution < -0.4 is 10.4 Å². The zero-order valence-corrected chi connectivity index (χ0v) is 16.8. The van der Waals surface area contributed by atoms with Gasteiger partial charge in [-0.3, -0.25) is 0 Å². The molecule has 0 heterocycles. The molecule has 0 bridgehead atoms. The molecule has 1 aliphatic carbocycles. The van der Waals surface area contributed by atoms with E-state index in [1.54, 1.807) is 5.57 Å². The van der Waals surface area contributed by atoms with Crippen LogP contribution in [0.1, 0.15) is 33.3 Å². The highest BCUT2D eigenvalue weighted by Crippen LogP contribution is 2.52. The molecule has 0 radical (unpaired) electrons. The Morgan fingerprint density at radius 3 is 1.96 bits per heavy atom. The summed E-state index contributed by atoms with van der Waals surface area (Å²) in [5.41, 5.74) is 5.81. The van der Waals surface area contributed by atoms with E-state index in [-0.39, 0.29) is 5.04 Å². The first-order chi connectivity index (χ1) is 11.3. The minimum atomic E-state index is -2.01. The summed E-state index contributed by atoms with van der Waals surface area (Å²) >= 11 is 0. The molecule has 0 saturated heterocycles. The van der Waals surface area contributed by atoms with E-state index in [0.29, 0.717) is 0 Å². The Morgan fingerprint density at radius 1 is 0.792 bits per heavy atom. The highest BCUT2D eigenvalue weighted by Gasteiger charge is 2.51. The zero-order chi connectivity index (χ0) is 17.5. The summed E-state index contributed by atoms with van der Waals surface area (Å²) in [7, 11) is -2.01. The normalized spacial score (nSPS) is 23.2. The molecule has 0 saturated carbocycles. The van der Waals surface area contributed by atoms with Crippen LogP contribution in [0.5, 0.6) is 0 Å². The molecule has 124 valence electrons. The lowest BCUT2D eigenvalue weighted by Crippen LogP contribution is -2.63. The van der Waals surface area contributed by atoms with Crippen LogP contribution in [0.25, 0.3) is 0 Å². The Balaban J connectivity index is 2.33. The van der Waals surface area contributed by atoms with Gasteiger partial charge in [-0.25, -0.2) is 0 Å². The third-order valence-corrected chi connectivity index (χ3v) is 12.0. The molecule has 1 aliphatic rings. The van der Waals surface area contributed by atoms with Crippen molar-refractivity contribution < 1.29 is 0 Å². The summed E-state index contributed by atoms with van der Waals surface area (Å²) in [6.07, 6.45) is 2.54. The average molecular weight is 333 g/mol. The second kappa shape index (κ2) is 5.89. The highest BCUT2D eigenvalue weighted by atomic mass is 28.3. The van der Waals surface area contributed by atoms with Gasteiger partial charge in [0.15, 0.2) is 0 Å². The van der Waals surface area contributed by atoms with E-state index in [1.807, 2.05) is 0 Å². The van der Waals surface area contributed by atoms with Crippen molar-refractivity contribution in [2.45, 2.75) is 46.2 Å². The first-order valence-electron chi connectivity index (χ1n) is 8.81. The molecule has 0 fully saturated rings. The molecule has 3 rings (SSSR count). The van der Waals surface area contributed by atoms with Gasteiger partial charge >= 0.3 is 0 Å². The minimum absolute atomic E-state index is 0.107. The van der Waals surface area contributed by atoms with Gasteiger partial charge in [-0.1, -0.05) is 101 Å². The van der Waals surface area contributed by atoms with Crippen molar-refractivity contribution in [2.75, 3.05) is 0 Å². The largest absolute Gasteiger partial charge is 0.128 e. The lowest BCUT2D eigenvalue weighted by molar-refractivity contribution is 0.864. The summed E-state index contributed by atoms with van der Waals surface area (Å²) in [6, 6.07) is 20.4. The molecule has 0 aliphatic heterocycles. The van der Waals surface area contributed by atoms with Gasteiger partial charge in [0.25, 0.3) is 0 Å². The molecule has 0 N–H and O–H groups in total. The maximum atomic E-state index is 2.54. The van der Waals surface area contributed by atoms with E-state index in [0.717, 1.165) is 0 Å². The van der Waals surface area contributed by atoms with Gasteiger partial charge in [0, 0.05) is 5.04 Å². The van der Waals surface area contributed by atoms with Crippen LogP contribution in [0.15, 0.2) is 77.4 Å². The van der Waals surface area contributed by atoms with Gasteiger partial charge in [-0.15, -0.1) is 0 Å². The predicted octanol–water partition coefficient (Wildman–Crippen LogP) is 5.24. The Morgan fingerprint density at radius 2 is 1.42 bits per heavy atom. The topological polar surface area (TPSA) is 0 Å². The molecule has 0 aromatic heterocycles. The van der Waals surface area contributed by atoms with E-state index in [9.17, 15) is 0 Å². The smallest absolute Gasteiger partial charge is 0.0733 e. The summed E-state index contributed by atoms with van der Waals surface area (Å²) in [4.78, 5) is 0. The SMILES string of the molecule is CC1=CC(C)([Si](C)(c2ccccc2)c2cccc(C)c2)C(C)=C1C. The fraction of sp³-hybridized carbons (Fsp3) is 0.304. The van der Waals surface area contributed by atoms with Crippen molar-refractivity contribution in [1.29, 1.82) is 0 Å². The van der Waals surface area contributed by atoms with Crippen molar-refractivity contribution >= 4 is 18.4 Å². The number of aryl methyl sites for hydroxylation is 1. The fourth-order valence-corrected chi connectivity index (χ4v) is 9.13. The fourth-order valence-electron chi connectivity index (χ4n) is 4.35. The second-order valence-electron chi connectivity index (χ2n) is 7.64. The molecule has 24 heavy (non-hydrogen) atoms. The summed E-state index contributed by atoms with van der Waals surface area (Å²) in [5, 5.41) is 3.14. The molecule has 2 atom stereocenters. The van der Waals surface area contributed by atoms with Gasteiger partial charge < -0.3 is 0 Å². The van der Waals surface area contributed by atoms with Crippen molar-refractivity contribution in [3.63, 3.8) is 0 Å². The third kappa shape index (κ3) is 2.34. The zero-order valence-electron chi connectivity index (χ0n) is 15.8. The molecule has 0 spiro atoms. The molecule has 0 amide bonds. The second-order valence-corrected chi connectivity index (χ2v) is 12.1. The molecule has 2 aromatic rings. The third-order valence-electron chi connectivity index (χ3n) is 6.42. The number of benzene rings is 2. The van der Waals surface area contributed by atoms with Gasteiger partial charge in [0.2, 0.25) is 0 Å². The summed E-state index contributed by atoms with van der Waals surface area (Å²) in [5.74, 6) is 0. The Hall–Kier alpha value is -1.86. The quantitative estimate of drug-likeness (QED) is 0.674. The maximum Gasteiger partial charge on any atom is 0.128 e. The Labute approximate surface area is 147 Å². The van der Waals surface area contributed by atoms with Gasteiger partial charge in [-0.05, 0) is 33.3 Å². The molecular formula is C23H28Si. The average Bonchev–Trinajstić information content (AvgIpc) is 2.79. The number of hydrogen-bond donors (Lipinski definition) is 0. The maximum absolute atomic E-state index is 2.54. The summed E-state index contributed by atoms with van der Waals surface area (Å²) in [6.45, 7) is 14.1. The van der Waals surface area contributed by atoms with Crippen LogP contribution in [0.2, 0.25) is 11.6 Å². The molecule has 1 heteroatoms. The van der Waals surface area contributed by atoms with Gasteiger partial charge in [0.05, 0.1) is 0 Å². The first-order valence-corrected chi connectivity index (χ1v) is 11.3. The molecular weight excluding hydrogens is 304 g/mol. The monoisotopic (exact) mass is 332 g/mol. The van der Waals surface area contributed by atoms with Crippen LogP contribution in [-0.4, -0.2) is 8.07 Å². The predicted molar refractivity (Wildman–Crippen MR) is 109 cm³/mol. The van der Waals surface area contributed by atoms with Crippen LogP contribution in [0.3, 0.4) is 0 Å². The molecule has 0 nitrogen and oxygen atoms in total. The van der Waals surface area contributed by atoms with Crippen molar-refractivity contribution in [1.82, 2.24) is 0 Å². The van der Waals surface area contributed by atoms with Crippen molar-refractivity contribution in [2.24, 2.45) is 0 Å². The van der Waals surface area contributed by atoms with Gasteiger partial charge in [-0.2, -0.15) is 0 Å². The number of hydrogen-bond acceptors (Lipinski definition) is 0. The van der Waals surface area contributed by atoms with Gasteiger partial charge in [0.1, 0.15) is 8.07 Å². The summed E-state index contributed by atoms with van der Waals surface area (Å²) < 4.78 is 0. The minimum Gasteiger partial charge on any atom is -0.0733 e. The van der Waals surface area contributed by atoms with Crippen LogP contribution >= 0.6 is 0 Å². The van der Waals surface area contributed by atoms with Crippen LogP contribution in [0, 0.1) is 6.92 Å². The number of allylic oxidation sites excluding steroid dienone is 4. The Kier molecular flexibility index (Phi) is 4.17. The van der Waals surface area contributed by atoms with Crippen molar-refractivity contribution in [3.8, 4) is 0 Å². The standard InChI is InChI=1S/C23H28Si/c1-17-11-10-14-22(15-17)24(6,21-12-8-7-9-13-21)23(5)16-18(2)19(3)20(23)4/h7-16H,1-6H3.